The molecule has 38 heavy (non-hydrogen) atoms. The van der Waals surface area contributed by atoms with Crippen LogP contribution in [0.4, 0.5) is 0 Å². The van der Waals surface area contributed by atoms with Gasteiger partial charge in [-0.1, -0.05) is 6.92 Å². The largest absolute Gasteiger partial charge is 0.469 e. The summed E-state index contributed by atoms with van der Waals surface area (Å²) in [5.74, 6) is 0.967. The summed E-state index contributed by atoms with van der Waals surface area (Å²) < 4.78 is 10.8. The molecule has 3 N–H and O–H groups in total. The summed E-state index contributed by atoms with van der Waals surface area (Å²) in [5.41, 5.74) is -1.74. The molecule has 1 aromatic heterocycles. The van der Waals surface area contributed by atoms with Gasteiger partial charge in [-0.3, -0.25) is 4.99 Å². The second-order valence-corrected chi connectivity index (χ2v) is 13.3. The molecule has 0 radical (unpaired) electrons. The van der Waals surface area contributed by atoms with Gasteiger partial charge in [-0.25, -0.2) is 4.79 Å². The highest BCUT2D eigenvalue weighted by Crippen LogP contribution is 2.70. The molecule has 0 bridgehead atoms. The van der Waals surface area contributed by atoms with Crippen molar-refractivity contribution in [2.45, 2.75) is 108 Å². The first kappa shape index (κ1) is 26.3. The van der Waals surface area contributed by atoms with Gasteiger partial charge in [0, 0.05) is 42.0 Å². The molecule has 5 aliphatic rings. The van der Waals surface area contributed by atoms with Crippen molar-refractivity contribution in [1.82, 2.24) is 0 Å². The standard InChI is InChI=1S/C31H43NO6/c1-20(5-6-23-4-3-15-37-23)32-19-29-12-7-22(33)17-30(29,35)13-9-26-25(29)8-11-28(2)24(10-14-31(26,28)36)21-16-27(34)38-18-21/h3-4,15-16,19-20,22,24-26,33,35-36H,5-14,17-18H2,1-2H3/t20?,22?,24?,25-,26?,28+,29-,30?,31?/m0/s1. The van der Waals surface area contributed by atoms with E-state index in [1.165, 1.54) is 0 Å². The molecular formula is C31H43NO6. The summed E-state index contributed by atoms with van der Waals surface area (Å²) in [6.07, 6.45) is 12.9. The van der Waals surface area contributed by atoms with Crippen molar-refractivity contribution >= 4 is 12.2 Å². The maximum absolute atomic E-state index is 12.5. The zero-order valence-corrected chi connectivity index (χ0v) is 22.8. The SMILES string of the molecule is CC(CCc1ccco1)N=C[C@]12CCC(O)CC1(O)CCC1[C@@H]2CC[C@]2(C)C(C3=CC(=O)OC3)CCC12O. The Morgan fingerprint density at radius 1 is 1.13 bits per heavy atom. The number of ether oxygens (including phenoxy) is 1. The number of cyclic esters (lactones) is 1. The summed E-state index contributed by atoms with van der Waals surface area (Å²) in [5, 5.41) is 35.3. The number of nitrogens with zero attached hydrogens (tertiary/aromatic N) is 1. The van der Waals surface area contributed by atoms with E-state index in [0.29, 0.717) is 38.7 Å². The number of rotatable bonds is 6. The van der Waals surface area contributed by atoms with E-state index >= 15 is 0 Å². The topological polar surface area (TPSA) is 112 Å². The van der Waals surface area contributed by atoms with E-state index in [4.69, 9.17) is 14.1 Å². The minimum absolute atomic E-state index is 0.0465. The molecule has 4 fully saturated rings. The Bertz CT molecular complexity index is 1110. The van der Waals surface area contributed by atoms with Gasteiger partial charge in [0.25, 0.3) is 0 Å². The predicted octanol–water partition coefficient (Wildman–Crippen LogP) is 4.38. The van der Waals surface area contributed by atoms with Crippen LogP contribution in [0.3, 0.4) is 0 Å². The maximum Gasteiger partial charge on any atom is 0.331 e. The fraction of sp³-hybridized carbons (Fsp3) is 0.742. The molecule has 0 amide bonds. The van der Waals surface area contributed by atoms with Crippen LogP contribution < -0.4 is 0 Å². The molecule has 7 nitrogen and oxygen atoms in total. The van der Waals surface area contributed by atoms with Crippen LogP contribution >= 0.6 is 0 Å². The fourth-order valence-corrected chi connectivity index (χ4v) is 9.50. The van der Waals surface area contributed by atoms with Gasteiger partial charge in [0.2, 0.25) is 0 Å². The van der Waals surface area contributed by atoms with Gasteiger partial charge < -0.3 is 24.5 Å². The lowest BCUT2D eigenvalue weighted by Gasteiger charge is -2.65. The highest BCUT2D eigenvalue weighted by molar-refractivity contribution is 5.85. The van der Waals surface area contributed by atoms with Crippen molar-refractivity contribution < 1.29 is 29.3 Å². The van der Waals surface area contributed by atoms with Crippen molar-refractivity contribution in [3.8, 4) is 0 Å². The van der Waals surface area contributed by atoms with Crippen LogP contribution in [0.2, 0.25) is 0 Å². The van der Waals surface area contributed by atoms with Crippen LogP contribution in [0.1, 0.15) is 83.8 Å². The van der Waals surface area contributed by atoms with Gasteiger partial charge in [0.1, 0.15) is 12.4 Å². The number of hydrogen-bond acceptors (Lipinski definition) is 7. The monoisotopic (exact) mass is 525 g/mol. The summed E-state index contributed by atoms with van der Waals surface area (Å²) in [6.45, 7) is 4.67. The summed E-state index contributed by atoms with van der Waals surface area (Å²) in [4.78, 5) is 16.9. The van der Waals surface area contributed by atoms with Crippen LogP contribution in [0, 0.1) is 28.6 Å². The molecular weight excluding hydrogens is 482 g/mol. The van der Waals surface area contributed by atoms with E-state index in [1.54, 1.807) is 12.3 Å². The molecule has 0 saturated heterocycles. The average molecular weight is 526 g/mol. The number of aryl methyl sites for hydroxylation is 1. The van der Waals surface area contributed by atoms with Gasteiger partial charge >= 0.3 is 5.97 Å². The van der Waals surface area contributed by atoms with E-state index in [0.717, 1.165) is 49.9 Å². The van der Waals surface area contributed by atoms with E-state index in [9.17, 15) is 20.1 Å². The van der Waals surface area contributed by atoms with Crippen molar-refractivity contribution in [1.29, 1.82) is 0 Å². The fourth-order valence-electron chi connectivity index (χ4n) is 9.50. The molecule has 0 spiro atoms. The molecule has 6 rings (SSSR count). The smallest absolute Gasteiger partial charge is 0.331 e. The Morgan fingerprint density at radius 3 is 2.68 bits per heavy atom. The number of aliphatic imine (C=N–C) groups is 1. The van der Waals surface area contributed by atoms with Gasteiger partial charge in [-0.2, -0.15) is 0 Å². The molecule has 1 aliphatic heterocycles. The van der Waals surface area contributed by atoms with Crippen LogP contribution in [-0.2, 0) is 16.0 Å². The van der Waals surface area contributed by atoms with E-state index in [1.807, 2.05) is 12.1 Å². The number of carbonyl (C=O) groups is 1. The number of hydrogen-bond donors (Lipinski definition) is 3. The van der Waals surface area contributed by atoms with Gasteiger partial charge in [-0.15, -0.1) is 0 Å². The second-order valence-electron chi connectivity index (χ2n) is 13.3. The van der Waals surface area contributed by atoms with Crippen molar-refractivity contribution in [2.75, 3.05) is 6.61 Å². The zero-order chi connectivity index (χ0) is 26.8. The third kappa shape index (κ3) is 3.87. The van der Waals surface area contributed by atoms with Crippen LogP contribution in [0.5, 0.6) is 0 Å². The Labute approximate surface area is 225 Å². The minimum Gasteiger partial charge on any atom is -0.469 e. The molecule has 7 heteroatoms. The van der Waals surface area contributed by atoms with E-state index in [2.05, 4.69) is 20.1 Å². The number of fused-ring (bicyclic) bond motifs is 5. The second kappa shape index (κ2) is 9.31. The molecule has 1 aromatic rings. The molecule has 9 atom stereocenters. The zero-order valence-electron chi connectivity index (χ0n) is 22.8. The molecule has 4 saturated carbocycles. The number of carbonyl (C=O) groups excluding carboxylic acids is 1. The summed E-state index contributed by atoms with van der Waals surface area (Å²) in [7, 11) is 0. The number of aliphatic hydroxyl groups is 3. The van der Waals surface area contributed by atoms with Crippen molar-refractivity contribution in [3.05, 3.63) is 35.8 Å². The lowest BCUT2D eigenvalue weighted by atomic mass is 9.41. The first-order chi connectivity index (χ1) is 18.1. The third-order valence-corrected chi connectivity index (χ3v) is 11.6. The normalized spacial score (nSPS) is 45.3. The van der Waals surface area contributed by atoms with Crippen molar-refractivity contribution in [2.24, 2.45) is 33.6 Å². The maximum atomic E-state index is 12.5. The lowest BCUT2D eigenvalue weighted by Crippen LogP contribution is -2.68. The van der Waals surface area contributed by atoms with Crippen molar-refractivity contribution in [3.63, 3.8) is 0 Å². The first-order valence-corrected chi connectivity index (χ1v) is 14.7. The van der Waals surface area contributed by atoms with Gasteiger partial charge in [0.15, 0.2) is 0 Å². The number of furan rings is 1. The number of esters is 1. The Balaban J connectivity index is 1.30. The third-order valence-electron chi connectivity index (χ3n) is 11.6. The molecule has 6 unspecified atom stereocenters. The summed E-state index contributed by atoms with van der Waals surface area (Å²) in [6, 6.07) is 3.96. The highest BCUT2D eigenvalue weighted by Gasteiger charge is 2.71. The van der Waals surface area contributed by atoms with Gasteiger partial charge in [-0.05, 0) is 100 Å². The molecule has 0 aromatic carbocycles. The molecule has 2 heterocycles. The first-order valence-electron chi connectivity index (χ1n) is 14.7. The van der Waals surface area contributed by atoms with E-state index in [-0.39, 0.29) is 35.2 Å². The highest BCUT2D eigenvalue weighted by atomic mass is 16.5. The lowest BCUT2D eigenvalue weighted by molar-refractivity contribution is -0.237. The minimum atomic E-state index is -1.02. The average Bonchev–Trinajstić information content (AvgIpc) is 3.61. The van der Waals surface area contributed by atoms with Crippen LogP contribution in [-0.4, -0.2) is 57.5 Å². The predicted molar refractivity (Wildman–Crippen MR) is 142 cm³/mol. The Morgan fingerprint density at radius 2 is 1.95 bits per heavy atom. The van der Waals surface area contributed by atoms with Crippen LogP contribution in [0.15, 0.2) is 39.5 Å². The van der Waals surface area contributed by atoms with Gasteiger partial charge in [0.05, 0.1) is 23.6 Å². The summed E-state index contributed by atoms with van der Waals surface area (Å²) >= 11 is 0. The molecule has 4 aliphatic carbocycles. The van der Waals surface area contributed by atoms with Crippen LogP contribution in [0.25, 0.3) is 0 Å². The Hall–Kier alpha value is -1.96. The quantitative estimate of drug-likeness (QED) is 0.375. The number of aliphatic hydroxyl groups excluding tert-OH is 1. The molecule has 208 valence electrons. The Kier molecular flexibility index (Phi) is 6.44. The van der Waals surface area contributed by atoms with E-state index < -0.39 is 22.7 Å².